The summed E-state index contributed by atoms with van der Waals surface area (Å²) < 4.78 is 30.5. The summed E-state index contributed by atoms with van der Waals surface area (Å²) >= 11 is 0. The third-order valence-corrected chi connectivity index (χ3v) is 7.09. The van der Waals surface area contributed by atoms with E-state index in [0.29, 0.717) is 16.3 Å². The number of fused-ring (bicyclic) bond motifs is 2. The lowest BCUT2D eigenvalue weighted by Crippen LogP contribution is -2.46. The van der Waals surface area contributed by atoms with Gasteiger partial charge < -0.3 is 9.80 Å². The van der Waals surface area contributed by atoms with Crippen molar-refractivity contribution in [3.8, 4) is 0 Å². The van der Waals surface area contributed by atoms with Gasteiger partial charge in [-0.3, -0.25) is 4.68 Å². The molecule has 0 saturated carbocycles. The van der Waals surface area contributed by atoms with E-state index < -0.39 is 10.0 Å². The van der Waals surface area contributed by atoms with Crippen LogP contribution < -0.4 is 4.90 Å². The molecule has 2 aromatic heterocycles. The Morgan fingerprint density at radius 3 is 2.69 bits per heavy atom. The number of hydrogen-bond acceptors (Lipinski definition) is 7. The van der Waals surface area contributed by atoms with E-state index in [4.69, 9.17) is 0 Å². The second-order valence-electron chi connectivity index (χ2n) is 7.42. The molecule has 4 heterocycles. The molecule has 0 aliphatic carbocycles. The van der Waals surface area contributed by atoms with Crippen LogP contribution in [0.3, 0.4) is 0 Å². The van der Waals surface area contributed by atoms with Crippen molar-refractivity contribution in [3.05, 3.63) is 42.4 Å². The van der Waals surface area contributed by atoms with E-state index in [0.717, 1.165) is 42.8 Å². The molecule has 1 saturated heterocycles. The summed E-state index contributed by atoms with van der Waals surface area (Å²) in [6.07, 6.45) is 5.14. The molecule has 0 N–H and O–H groups in total. The van der Waals surface area contributed by atoms with Gasteiger partial charge in [-0.25, -0.2) is 9.97 Å². The van der Waals surface area contributed by atoms with Crippen LogP contribution in [-0.4, -0.2) is 65.1 Å². The number of sulfonamides is 1. The predicted octanol–water partition coefficient (Wildman–Crippen LogP) is 1.41. The Balaban J connectivity index is 1.36. The number of piperidine rings is 1. The zero-order chi connectivity index (χ0) is 20.2. The van der Waals surface area contributed by atoms with E-state index in [1.54, 1.807) is 29.3 Å². The number of hydrogen-bond donors (Lipinski definition) is 0. The van der Waals surface area contributed by atoms with Crippen LogP contribution in [0.15, 0.2) is 46.1 Å². The highest BCUT2D eigenvalue weighted by molar-refractivity contribution is 7.90. The van der Waals surface area contributed by atoms with Crippen LogP contribution in [0.1, 0.15) is 18.4 Å². The first kappa shape index (κ1) is 18.0. The van der Waals surface area contributed by atoms with Crippen LogP contribution in [0.2, 0.25) is 0 Å². The maximum absolute atomic E-state index is 12.4. The summed E-state index contributed by atoms with van der Waals surface area (Å²) in [5.41, 5.74) is 1.50. The maximum Gasteiger partial charge on any atom is 0.285 e. The summed E-state index contributed by atoms with van der Waals surface area (Å²) in [5, 5.41) is 5.23. The average Bonchev–Trinajstić information content (AvgIpc) is 3.25. The molecule has 1 fully saturated rings. The number of anilines is 1. The zero-order valence-electron chi connectivity index (χ0n) is 16.2. The molecule has 1 aromatic carbocycles. The van der Waals surface area contributed by atoms with Crippen LogP contribution in [0.25, 0.3) is 11.0 Å². The number of aromatic nitrogens is 4. The summed E-state index contributed by atoms with van der Waals surface area (Å²) in [6.45, 7) is 1.63. The molecule has 0 spiro atoms. The van der Waals surface area contributed by atoms with Crippen LogP contribution in [0.4, 0.5) is 5.82 Å². The summed E-state index contributed by atoms with van der Waals surface area (Å²) in [6, 6.07) is 7.22. The Morgan fingerprint density at radius 1 is 1.14 bits per heavy atom. The van der Waals surface area contributed by atoms with E-state index >= 15 is 0 Å². The van der Waals surface area contributed by atoms with Crippen LogP contribution in [-0.2, 0) is 17.1 Å². The van der Waals surface area contributed by atoms with Gasteiger partial charge in [0.1, 0.15) is 17.0 Å². The number of amidine groups is 1. The molecular weight excluding hydrogens is 390 g/mol. The van der Waals surface area contributed by atoms with Crippen molar-refractivity contribution in [1.82, 2.24) is 24.6 Å². The highest BCUT2D eigenvalue weighted by Gasteiger charge is 2.34. The molecule has 5 rings (SSSR count). The van der Waals surface area contributed by atoms with Crippen molar-refractivity contribution in [1.29, 1.82) is 0 Å². The zero-order valence-corrected chi connectivity index (χ0v) is 17.0. The van der Waals surface area contributed by atoms with Gasteiger partial charge in [-0.15, -0.1) is 4.40 Å². The Morgan fingerprint density at radius 2 is 1.90 bits per heavy atom. The smallest absolute Gasteiger partial charge is 0.285 e. The van der Waals surface area contributed by atoms with E-state index in [1.165, 1.54) is 0 Å². The first-order valence-corrected chi connectivity index (χ1v) is 10.9. The normalized spacial score (nSPS) is 18.7. The average molecular weight is 411 g/mol. The van der Waals surface area contributed by atoms with E-state index in [2.05, 4.69) is 24.4 Å². The van der Waals surface area contributed by atoms with Gasteiger partial charge >= 0.3 is 0 Å². The first-order valence-electron chi connectivity index (χ1n) is 9.50. The predicted molar refractivity (Wildman–Crippen MR) is 109 cm³/mol. The minimum Gasteiger partial charge on any atom is -0.356 e. The number of benzene rings is 1. The molecule has 29 heavy (non-hydrogen) atoms. The van der Waals surface area contributed by atoms with Crippen molar-refractivity contribution in [2.75, 3.05) is 25.0 Å². The molecule has 0 unspecified atom stereocenters. The van der Waals surface area contributed by atoms with Gasteiger partial charge in [0, 0.05) is 38.8 Å². The Bertz CT molecular complexity index is 1230. The molecular formula is C19H21N7O2S. The lowest BCUT2D eigenvalue weighted by atomic mass is 10.0. The van der Waals surface area contributed by atoms with E-state index in [1.807, 2.05) is 31.1 Å². The van der Waals surface area contributed by atoms with Gasteiger partial charge in [-0.05, 0) is 25.0 Å². The monoisotopic (exact) mass is 411 g/mol. The van der Waals surface area contributed by atoms with Gasteiger partial charge in [-0.2, -0.15) is 13.5 Å². The fourth-order valence-corrected chi connectivity index (χ4v) is 5.42. The van der Waals surface area contributed by atoms with Gasteiger partial charge in [0.05, 0.1) is 11.6 Å². The number of nitrogens with zero attached hydrogens (tertiary/aromatic N) is 7. The molecule has 0 amide bonds. The molecule has 2 aliphatic rings. The van der Waals surface area contributed by atoms with Gasteiger partial charge in [-0.1, -0.05) is 12.1 Å². The van der Waals surface area contributed by atoms with Crippen molar-refractivity contribution in [3.63, 3.8) is 0 Å². The Kier molecular flexibility index (Phi) is 4.05. The van der Waals surface area contributed by atoms with Crippen molar-refractivity contribution < 1.29 is 8.42 Å². The lowest BCUT2D eigenvalue weighted by molar-refractivity contribution is 0.306. The summed E-state index contributed by atoms with van der Waals surface area (Å²) in [7, 11) is 0.196. The molecule has 150 valence electrons. The van der Waals surface area contributed by atoms with Gasteiger partial charge in [0.25, 0.3) is 10.0 Å². The lowest BCUT2D eigenvalue weighted by Gasteiger charge is -2.38. The molecule has 10 heteroatoms. The second-order valence-corrected chi connectivity index (χ2v) is 8.99. The largest absolute Gasteiger partial charge is 0.356 e. The van der Waals surface area contributed by atoms with Crippen LogP contribution >= 0.6 is 0 Å². The van der Waals surface area contributed by atoms with Crippen LogP contribution in [0, 0.1) is 0 Å². The molecule has 9 nitrogen and oxygen atoms in total. The maximum atomic E-state index is 12.4. The molecule has 2 aliphatic heterocycles. The Hall–Kier alpha value is -3.01. The molecule has 3 aromatic rings. The SMILES string of the molecule is CN(C1=NS(=O)(=O)c2ccccc21)C1CCN(c2ncnc3c2cnn3C)CC1. The molecule has 0 atom stereocenters. The van der Waals surface area contributed by atoms with Crippen LogP contribution in [0.5, 0.6) is 0 Å². The Labute approximate surface area is 168 Å². The van der Waals surface area contributed by atoms with E-state index in [-0.39, 0.29) is 6.04 Å². The summed E-state index contributed by atoms with van der Waals surface area (Å²) in [4.78, 5) is 13.3. The number of rotatable bonds is 2. The first-order chi connectivity index (χ1) is 14.0. The van der Waals surface area contributed by atoms with Crippen molar-refractivity contribution in [2.24, 2.45) is 11.4 Å². The highest BCUT2D eigenvalue weighted by atomic mass is 32.2. The van der Waals surface area contributed by atoms with Crippen molar-refractivity contribution in [2.45, 2.75) is 23.8 Å². The fourth-order valence-electron chi connectivity index (χ4n) is 4.18. The van der Waals surface area contributed by atoms with Gasteiger partial charge in [0.2, 0.25) is 0 Å². The molecule has 0 bridgehead atoms. The third-order valence-electron chi connectivity index (χ3n) is 5.77. The topological polar surface area (TPSA) is 96.6 Å². The summed E-state index contributed by atoms with van der Waals surface area (Å²) in [5.74, 6) is 1.44. The minimum atomic E-state index is -3.60. The standard InChI is InChI=1S/C19H21N7O2S/c1-24(19-14-5-3-4-6-16(14)29(27,28)23-19)13-7-9-26(10-8-13)18-15-11-22-25(2)17(15)20-12-21-18/h3-6,11-13H,7-10H2,1-2H3. The van der Waals surface area contributed by atoms with E-state index in [9.17, 15) is 8.42 Å². The quantitative estimate of drug-likeness (QED) is 0.629. The third kappa shape index (κ3) is 2.86. The number of aryl methyl sites for hydroxylation is 1. The minimum absolute atomic E-state index is 0.206. The van der Waals surface area contributed by atoms with Crippen molar-refractivity contribution >= 4 is 32.7 Å². The highest BCUT2D eigenvalue weighted by Crippen LogP contribution is 2.31. The fraction of sp³-hybridized carbons (Fsp3) is 0.368. The van der Waals surface area contributed by atoms with Gasteiger partial charge in [0.15, 0.2) is 11.5 Å². The molecule has 0 radical (unpaired) electrons. The second kappa shape index (κ2) is 6.51.